The number of ether oxygens (including phenoxy) is 2. The van der Waals surface area contributed by atoms with Crippen LogP contribution in [0, 0.1) is 0 Å². The van der Waals surface area contributed by atoms with E-state index in [0.29, 0.717) is 12.2 Å². The van der Waals surface area contributed by atoms with Crippen LogP contribution in [0.25, 0.3) is 5.76 Å². The third kappa shape index (κ3) is 3.84. The molecular formula is C25H22O3. The molecule has 3 aromatic rings. The van der Waals surface area contributed by atoms with Gasteiger partial charge in [-0.05, 0) is 48.2 Å². The number of hydrogen-bond donors (Lipinski definition) is 0. The first kappa shape index (κ1) is 18.1. The maximum atomic E-state index is 12.7. The quantitative estimate of drug-likeness (QED) is 0.423. The summed E-state index contributed by atoms with van der Waals surface area (Å²) in [7, 11) is 0. The Labute approximate surface area is 165 Å². The van der Waals surface area contributed by atoms with E-state index in [1.165, 1.54) is 5.56 Å². The highest BCUT2D eigenvalue weighted by atomic mass is 16.5. The zero-order valence-electron chi connectivity index (χ0n) is 15.8. The van der Waals surface area contributed by atoms with E-state index in [1.807, 2.05) is 73.7 Å². The van der Waals surface area contributed by atoms with E-state index in [9.17, 15) is 4.79 Å². The minimum atomic E-state index is -0.276. The molecule has 1 aliphatic heterocycles. The first-order chi connectivity index (χ1) is 13.7. The number of esters is 1. The van der Waals surface area contributed by atoms with Gasteiger partial charge < -0.3 is 9.47 Å². The molecule has 0 saturated heterocycles. The highest BCUT2D eigenvalue weighted by molar-refractivity contribution is 5.80. The van der Waals surface area contributed by atoms with E-state index >= 15 is 0 Å². The largest absolute Gasteiger partial charge is 0.457 e. The molecule has 1 aliphatic rings. The van der Waals surface area contributed by atoms with Gasteiger partial charge in [0.2, 0.25) is 0 Å². The second-order valence-corrected chi connectivity index (χ2v) is 6.80. The van der Waals surface area contributed by atoms with Gasteiger partial charge in [0.1, 0.15) is 17.3 Å². The first-order valence-electron chi connectivity index (χ1n) is 9.57. The van der Waals surface area contributed by atoms with Crippen molar-refractivity contribution in [3.05, 3.63) is 102 Å². The number of carbonyl (C=O) groups is 1. The van der Waals surface area contributed by atoms with Gasteiger partial charge in [0, 0.05) is 5.56 Å². The summed E-state index contributed by atoms with van der Waals surface area (Å²) in [5, 5.41) is 0. The zero-order chi connectivity index (χ0) is 19.3. The van der Waals surface area contributed by atoms with Crippen molar-refractivity contribution in [2.75, 3.05) is 0 Å². The number of allylic oxidation sites excluding steroid dienone is 1. The van der Waals surface area contributed by atoms with E-state index in [4.69, 9.17) is 9.47 Å². The van der Waals surface area contributed by atoms with Crippen molar-refractivity contribution in [3.63, 3.8) is 0 Å². The zero-order valence-corrected chi connectivity index (χ0v) is 15.8. The van der Waals surface area contributed by atoms with E-state index in [2.05, 4.69) is 12.1 Å². The summed E-state index contributed by atoms with van der Waals surface area (Å²) in [6, 6.07) is 25.3. The van der Waals surface area contributed by atoms with Crippen molar-refractivity contribution < 1.29 is 14.3 Å². The minimum absolute atomic E-state index is 0.241. The number of carbonyl (C=O) groups excluding carboxylic acids is 1. The van der Waals surface area contributed by atoms with Gasteiger partial charge >= 0.3 is 5.97 Å². The molecule has 0 aromatic heterocycles. The van der Waals surface area contributed by atoms with Crippen LogP contribution in [-0.4, -0.2) is 5.97 Å². The topological polar surface area (TPSA) is 35.5 Å². The predicted octanol–water partition coefficient (Wildman–Crippen LogP) is 5.76. The number of rotatable bonds is 5. The molecule has 0 radical (unpaired) electrons. The van der Waals surface area contributed by atoms with Crippen LogP contribution in [0.4, 0.5) is 0 Å². The Morgan fingerprint density at radius 1 is 1.00 bits per heavy atom. The van der Waals surface area contributed by atoms with Crippen LogP contribution in [0.1, 0.15) is 36.0 Å². The highest BCUT2D eigenvalue weighted by Gasteiger charge is 2.21. The lowest BCUT2D eigenvalue weighted by molar-refractivity contribution is -0.136. The summed E-state index contributed by atoms with van der Waals surface area (Å²) in [4.78, 5) is 12.7. The highest BCUT2D eigenvalue weighted by Crippen LogP contribution is 2.32. The number of benzene rings is 3. The summed E-state index contributed by atoms with van der Waals surface area (Å²) in [6.07, 6.45) is 3.57. The standard InChI is InChI=1S/C25H22O3/c1-2-22(18-9-4-3-5-10-18)25(26)27-21-13-8-12-20(17-21)24-16-15-19-11-6-7-14-23(19)28-24/h3-14,16-17,22H,2,15H2,1H3. The summed E-state index contributed by atoms with van der Waals surface area (Å²) in [5.41, 5.74) is 3.04. The smallest absolute Gasteiger partial charge is 0.318 e. The van der Waals surface area contributed by atoms with E-state index < -0.39 is 0 Å². The van der Waals surface area contributed by atoms with Crippen LogP contribution in [-0.2, 0) is 11.2 Å². The van der Waals surface area contributed by atoms with Crippen LogP contribution in [0.2, 0.25) is 0 Å². The molecule has 1 atom stereocenters. The van der Waals surface area contributed by atoms with Gasteiger partial charge in [-0.3, -0.25) is 4.79 Å². The molecule has 0 bridgehead atoms. The van der Waals surface area contributed by atoms with Crippen molar-refractivity contribution in [2.24, 2.45) is 0 Å². The van der Waals surface area contributed by atoms with Crippen molar-refractivity contribution in [1.82, 2.24) is 0 Å². The molecule has 3 nitrogen and oxygen atoms in total. The van der Waals surface area contributed by atoms with E-state index in [-0.39, 0.29) is 11.9 Å². The molecule has 3 heteroatoms. The van der Waals surface area contributed by atoms with Crippen LogP contribution >= 0.6 is 0 Å². The van der Waals surface area contributed by atoms with Gasteiger partial charge in [-0.15, -0.1) is 0 Å². The average molecular weight is 370 g/mol. The number of fused-ring (bicyclic) bond motifs is 1. The summed E-state index contributed by atoms with van der Waals surface area (Å²) < 4.78 is 11.7. The van der Waals surface area contributed by atoms with E-state index in [0.717, 1.165) is 29.1 Å². The maximum absolute atomic E-state index is 12.7. The Morgan fingerprint density at radius 2 is 1.79 bits per heavy atom. The molecule has 1 unspecified atom stereocenters. The fraction of sp³-hybridized carbons (Fsp3) is 0.160. The first-order valence-corrected chi connectivity index (χ1v) is 9.57. The Balaban J connectivity index is 1.51. The van der Waals surface area contributed by atoms with Crippen molar-refractivity contribution in [2.45, 2.75) is 25.7 Å². The Morgan fingerprint density at radius 3 is 2.61 bits per heavy atom. The Kier molecular flexibility index (Phi) is 5.24. The number of para-hydroxylation sites is 1. The van der Waals surface area contributed by atoms with Gasteiger partial charge in [0.15, 0.2) is 0 Å². The van der Waals surface area contributed by atoms with Crippen molar-refractivity contribution in [3.8, 4) is 11.5 Å². The average Bonchev–Trinajstić information content (AvgIpc) is 2.75. The normalized spacial score (nSPS) is 13.7. The van der Waals surface area contributed by atoms with Crippen LogP contribution in [0.3, 0.4) is 0 Å². The summed E-state index contributed by atoms with van der Waals surface area (Å²) >= 11 is 0. The minimum Gasteiger partial charge on any atom is -0.457 e. The third-order valence-electron chi connectivity index (χ3n) is 4.93. The number of hydrogen-bond acceptors (Lipinski definition) is 3. The van der Waals surface area contributed by atoms with Crippen LogP contribution in [0.15, 0.2) is 84.9 Å². The lowest BCUT2D eigenvalue weighted by Crippen LogP contribution is -2.18. The second kappa shape index (κ2) is 8.13. The summed E-state index contributed by atoms with van der Waals surface area (Å²) in [5.74, 6) is 1.67. The van der Waals surface area contributed by atoms with Crippen LogP contribution in [0.5, 0.6) is 11.5 Å². The molecule has 3 aromatic carbocycles. The molecule has 140 valence electrons. The lowest BCUT2D eigenvalue weighted by atomic mass is 9.97. The molecule has 0 saturated carbocycles. The molecule has 0 amide bonds. The molecule has 0 N–H and O–H groups in total. The lowest BCUT2D eigenvalue weighted by Gasteiger charge is -2.19. The Hall–Kier alpha value is -3.33. The summed E-state index contributed by atoms with van der Waals surface area (Å²) in [6.45, 7) is 1.99. The molecule has 1 heterocycles. The molecule has 0 fully saturated rings. The fourth-order valence-electron chi connectivity index (χ4n) is 3.44. The van der Waals surface area contributed by atoms with Gasteiger partial charge in [0.05, 0.1) is 5.92 Å². The predicted molar refractivity (Wildman–Crippen MR) is 110 cm³/mol. The van der Waals surface area contributed by atoms with Gasteiger partial charge in [-0.1, -0.05) is 67.6 Å². The monoisotopic (exact) mass is 370 g/mol. The fourth-order valence-corrected chi connectivity index (χ4v) is 3.44. The van der Waals surface area contributed by atoms with Crippen LogP contribution < -0.4 is 9.47 Å². The Bertz CT molecular complexity index is 1010. The van der Waals surface area contributed by atoms with Gasteiger partial charge in [-0.25, -0.2) is 0 Å². The second-order valence-electron chi connectivity index (χ2n) is 6.80. The van der Waals surface area contributed by atoms with Gasteiger partial charge in [0.25, 0.3) is 0 Å². The molecule has 0 aliphatic carbocycles. The molecule has 28 heavy (non-hydrogen) atoms. The van der Waals surface area contributed by atoms with Crippen molar-refractivity contribution >= 4 is 11.7 Å². The molecule has 4 rings (SSSR count). The van der Waals surface area contributed by atoms with Crippen molar-refractivity contribution in [1.29, 1.82) is 0 Å². The molecule has 0 spiro atoms. The maximum Gasteiger partial charge on any atom is 0.318 e. The third-order valence-corrected chi connectivity index (χ3v) is 4.93. The SMILES string of the molecule is CCC(C(=O)Oc1cccc(C2=CCc3ccccc3O2)c1)c1ccccc1. The van der Waals surface area contributed by atoms with E-state index in [1.54, 1.807) is 6.07 Å². The van der Waals surface area contributed by atoms with Gasteiger partial charge in [-0.2, -0.15) is 0 Å². The molecular weight excluding hydrogens is 348 g/mol.